The van der Waals surface area contributed by atoms with Gasteiger partial charge in [0.15, 0.2) is 0 Å². The topological polar surface area (TPSA) is 20.2 Å². The second-order valence-electron chi connectivity index (χ2n) is 5.23. The van der Waals surface area contributed by atoms with Crippen molar-refractivity contribution in [3.05, 3.63) is 35.4 Å². The summed E-state index contributed by atoms with van der Waals surface area (Å²) in [6.07, 6.45) is 9.01. The first-order valence-corrected chi connectivity index (χ1v) is 7.52. The summed E-state index contributed by atoms with van der Waals surface area (Å²) in [5, 5.41) is 9.99. The molecule has 0 spiro atoms. The Morgan fingerprint density at radius 2 is 1.50 bits per heavy atom. The number of hydrogen-bond donors (Lipinski definition) is 1. The van der Waals surface area contributed by atoms with Crippen LogP contribution in [-0.2, 0) is 12.8 Å². The normalized spacial score (nSPS) is 12.6. The zero-order valence-electron chi connectivity index (χ0n) is 12.0. The largest absolute Gasteiger partial charge is 0.393 e. The van der Waals surface area contributed by atoms with Gasteiger partial charge >= 0.3 is 0 Å². The predicted molar refractivity (Wildman–Crippen MR) is 78.9 cm³/mol. The molecule has 18 heavy (non-hydrogen) atoms. The Hall–Kier alpha value is -0.820. The molecule has 1 rings (SSSR count). The summed E-state index contributed by atoms with van der Waals surface area (Å²) in [5.74, 6) is 0. The van der Waals surface area contributed by atoms with Gasteiger partial charge in [0.2, 0.25) is 0 Å². The predicted octanol–water partition coefficient (Wildman–Crippen LogP) is 4.51. The average molecular weight is 248 g/mol. The molecule has 1 heteroatoms. The third-order valence-electron chi connectivity index (χ3n) is 3.54. The van der Waals surface area contributed by atoms with Gasteiger partial charge in [0.25, 0.3) is 0 Å². The SMILES string of the molecule is CCCCCCCC(O)Cc1ccc(CC)cc1. The maximum absolute atomic E-state index is 9.99. The van der Waals surface area contributed by atoms with Crippen molar-refractivity contribution < 1.29 is 5.11 Å². The van der Waals surface area contributed by atoms with Gasteiger partial charge in [0, 0.05) is 0 Å². The van der Waals surface area contributed by atoms with E-state index in [1.807, 2.05) is 0 Å². The number of aryl methyl sites for hydroxylation is 1. The van der Waals surface area contributed by atoms with Gasteiger partial charge in [-0.05, 0) is 30.4 Å². The molecule has 0 saturated heterocycles. The third kappa shape index (κ3) is 6.20. The van der Waals surface area contributed by atoms with Crippen LogP contribution in [0.5, 0.6) is 0 Å². The summed E-state index contributed by atoms with van der Waals surface area (Å²) in [7, 11) is 0. The molecule has 0 radical (unpaired) electrons. The summed E-state index contributed by atoms with van der Waals surface area (Å²) >= 11 is 0. The molecular formula is C17H28O. The molecule has 0 aliphatic rings. The number of unbranched alkanes of at least 4 members (excludes halogenated alkanes) is 4. The molecule has 0 aliphatic carbocycles. The van der Waals surface area contributed by atoms with Gasteiger partial charge in [0.05, 0.1) is 6.10 Å². The highest BCUT2D eigenvalue weighted by molar-refractivity contribution is 5.22. The Morgan fingerprint density at radius 3 is 2.11 bits per heavy atom. The first-order valence-electron chi connectivity index (χ1n) is 7.52. The lowest BCUT2D eigenvalue weighted by molar-refractivity contribution is 0.161. The molecule has 1 atom stereocenters. The minimum Gasteiger partial charge on any atom is -0.393 e. The van der Waals surface area contributed by atoms with E-state index in [1.165, 1.54) is 36.8 Å². The summed E-state index contributed by atoms with van der Waals surface area (Å²) in [4.78, 5) is 0. The molecule has 1 aromatic carbocycles. The smallest absolute Gasteiger partial charge is 0.0580 e. The fourth-order valence-corrected chi connectivity index (χ4v) is 2.27. The molecule has 1 aromatic rings. The zero-order valence-corrected chi connectivity index (χ0v) is 12.0. The molecule has 0 fully saturated rings. The van der Waals surface area contributed by atoms with Crippen molar-refractivity contribution in [2.75, 3.05) is 0 Å². The van der Waals surface area contributed by atoms with Crippen LogP contribution >= 0.6 is 0 Å². The van der Waals surface area contributed by atoms with E-state index in [9.17, 15) is 5.11 Å². The second kappa shape index (κ2) is 9.16. The number of aliphatic hydroxyl groups excluding tert-OH is 1. The van der Waals surface area contributed by atoms with E-state index in [1.54, 1.807) is 0 Å². The van der Waals surface area contributed by atoms with Crippen molar-refractivity contribution in [2.24, 2.45) is 0 Å². The van der Waals surface area contributed by atoms with E-state index >= 15 is 0 Å². The molecule has 0 heterocycles. The molecule has 0 saturated carbocycles. The van der Waals surface area contributed by atoms with Crippen LogP contribution in [0.2, 0.25) is 0 Å². The molecule has 0 amide bonds. The van der Waals surface area contributed by atoms with E-state index in [2.05, 4.69) is 38.1 Å². The van der Waals surface area contributed by atoms with E-state index in [4.69, 9.17) is 0 Å². The van der Waals surface area contributed by atoms with Crippen molar-refractivity contribution in [3.63, 3.8) is 0 Å². The van der Waals surface area contributed by atoms with E-state index < -0.39 is 0 Å². The van der Waals surface area contributed by atoms with Gasteiger partial charge in [-0.3, -0.25) is 0 Å². The van der Waals surface area contributed by atoms with Crippen molar-refractivity contribution in [2.45, 2.75) is 71.3 Å². The molecular weight excluding hydrogens is 220 g/mol. The Morgan fingerprint density at radius 1 is 0.889 bits per heavy atom. The van der Waals surface area contributed by atoms with Gasteiger partial charge in [-0.15, -0.1) is 0 Å². The molecule has 0 bridgehead atoms. The third-order valence-corrected chi connectivity index (χ3v) is 3.54. The summed E-state index contributed by atoms with van der Waals surface area (Å²) in [6.45, 7) is 4.40. The fourth-order valence-electron chi connectivity index (χ4n) is 2.27. The molecule has 1 unspecified atom stereocenters. The first kappa shape index (κ1) is 15.2. The van der Waals surface area contributed by atoms with Gasteiger partial charge in [0.1, 0.15) is 0 Å². The van der Waals surface area contributed by atoms with Crippen LogP contribution in [-0.4, -0.2) is 11.2 Å². The number of aliphatic hydroxyl groups is 1. The van der Waals surface area contributed by atoms with Crippen molar-refractivity contribution in [1.82, 2.24) is 0 Å². The fraction of sp³-hybridized carbons (Fsp3) is 0.647. The second-order valence-corrected chi connectivity index (χ2v) is 5.23. The number of hydrogen-bond acceptors (Lipinski definition) is 1. The Kier molecular flexibility index (Phi) is 7.75. The monoisotopic (exact) mass is 248 g/mol. The van der Waals surface area contributed by atoms with Crippen LogP contribution in [0.15, 0.2) is 24.3 Å². The van der Waals surface area contributed by atoms with Gasteiger partial charge in [-0.25, -0.2) is 0 Å². The van der Waals surface area contributed by atoms with E-state index in [-0.39, 0.29) is 6.10 Å². The summed E-state index contributed by atoms with van der Waals surface area (Å²) < 4.78 is 0. The van der Waals surface area contributed by atoms with Crippen LogP contribution in [0.4, 0.5) is 0 Å². The zero-order chi connectivity index (χ0) is 13.2. The molecule has 0 aromatic heterocycles. The summed E-state index contributed by atoms with van der Waals surface area (Å²) in [6, 6.07) is 8.64. The van der Waals surface area contributed by atoms with Crippen molar-refractivity contribution >= 4 is 0 Å². The minimum absolute atomic E-state index is 0.167. The average Bonchev–Trinajstić information content (AvgIpc) is 2.39. The van der Waals surface area contributed by atoms with Gasteiger partial charge in [-0.1, -0.05) is 70.2 Å². The maximum Gasteiger partial charge on any atom is 0.0580 e. The standard InChI is InChI=1S/C17H28O/c1-3-5-6-7-8-9-17(18)14-16-12-10-15(4-2)11-13-16/h10-13,17-18H,3-9,14H2,1-2H3. The lowest BCUT2D eigenvalue weighted by atomic mass is 10.0. The van der Waals surface area contributed by atoms with Gasteiger partial charge < -0.3 is 5.11 Å². The Bertz CT molecular complexity index is 302. The van der Waals surface area contributed by atoms with Crippen LogP contribution in [0.1, 0.15) is 63.5 Å². The number of rotatable bonds is 9. The van der Waals surface area contributed by atoms with E-state index in [0.717, 1.165) is 25.7 Å². The lowest BCUT2D eigenvalue weighted by Gasteiger charge is -2.11. The number of benzene rings is 1. The molecule has 1 nitrogen and oxygen atoms in total. The van der Waals surface area contributed by atoms with Crippen LogP contribution in [0.25, 0.3) is 0 Å². The van der Waals surface area contributed by atoms with Crippen LogP contribution in [0.3, 0.4) is 0 Å². The van der Waals surface area contributed by atoms with Crippen molar-refractivity contribution in [1.29, 1.82) is 0 Å². The highest BCUT2D eigenvalue weighted by Crippen LogP contribution is 2.12. The minimum atomic E-state index is -0.167. The lowest BCUT2D eigenvalue weighted by Crippen LogP contribution is -2.10. The highest BCUT2D eigenvalue weighted by atomic mass is 16.3. The molecule has 0 aliphatic heterocycles. The Balaban J connectivity index is 2.20. The maximum atomic E-state index is 9.99. The van der Waals surface area contributed by atoms with Crippen LogP contribution in [0, 0.1) is 0 Å². The first-order chi connectivity index (χ1) is 8.76. The van der Waals surface area contributed by atoms with E-state index in [0.29, 0.717) is 0 Å². The van der Waals surface area contributed by atoms with Crippen LogP contribution < -0.4 is 0 Å². The quantitative estimate of drug-likeness (QED) is 0.637. The molecule has 102 valence electrons. The Labute approximate surface area is 112 Å². The highest BCUT2D eigenvalue weighted by Gasteiger charge is 2.05. The van der Waals surface area contributed by atoms with Gasteiger partial charge in [-0.2, -0.15) is 0 Å². The molecule has 1 N–H and O–H groups in total. The van der Waals surface area contributed by atoms with Crippen molar-refractivity contribution in [3.8, 4) is 0 Å². The summed E-state index contributed by atoms with van der Waals surface area (Å²) in [5.41, 5.74) is 2.63.